The summed E-state index contributed by atoms with van der Waals surface area (Å²) in [5.74, 6) is 0.0596. The van der Waals surface area contributed by atoms with Crippen LogP contribution >= 0.6 is 11.8 Å². The van der Waals surface area contributed by atoms with E-state index in [0.717, 1.165) is 18.6 Å². The molecule has 5 nitrogen and oxygen atoms in total. The third-order valence-corrected chi connectivity index (χ3v) is 4.12. The Labute approximate surface area is 112 Å². The Morgan fingerprint density at radius 2 is 2.22 bits per heavy atom. The van der Waals surface area contributed by atoms with Crippen molar-refractivity contribution in [2.45, 2.75) is 44.7 Å². The molecule has 1 aliphatic rings. The smallest absolute Gasteiger partial charge is 0.329 e. The number of carbonyl (C=O) groups excluding carboxylic acids is 1. The molecule has 0 radical (unpaired) electrons. The third-order valence-electron chi connectivity index (χ3n) is 3.47. The summed E-state index contributed by atoms with van der Waals surface area (Å²) in [7, 11) is 0. The van der Waals surface area contributed by atoms with Crippen molar-refractivity contribution in [1.29, 1.82) is 0 Å². The zero-order valence-electron chi connectivity index (χ0n) is 11.2. The molecule has 1 rings (SSSR count). The van der Waals surface area contributed by atoms with Crippen LogP contribution in [0, 0.1) is 0 Å². The van der Waals surface area contributed by atoms with Crippen molar-refractivity contribution < 1.29 is 14.7 Å². The van der Waals surface area contributed by atoms with Crippen LogP contribution in [0.3, 0.4) is 0 Å². The molecular formula is C12H22N2O3S. The highest BCUT2D eigenvalue weighted by Gasteiger charge is 2.46. The van der Waals surface area contributed by atoms with E-state index < -0.39 is 11.5 Å². The van der Waals surface area contributed by atoms with Crippen molar-refractivity contribution in [2.24, 2.45) is 0 Å². The maximum Gasteiger partial charge on any atom is 0.329 e. The summed E-state index contributed by atoms with van der Waals surface area (Å²) < 4.78 is 0. The Kier molecular flexibility index (Phi) is 5.31. The van der Waals surface area contributed by atoms with Gasteiger partial charge in [-0.15, -0.1) is 0 Å². The molecule has 2 unspecified atom stereocenters. The Balaban J connectivity index is 2.58. The van der Waals surface area contributed by atoms with E-state index in [1.54, 1.807) is 18.7 Å². The van der Waals surface area contributed by atoms with Crippen LogP contribution in [0.1, 0.15) is 33.1 Å². The zero-order valence-corrected chi connectivity index (χ0v) is 12.0. The fourth-order valence-corrected chi connectivity index (χ4v) is 2.76. The molecule has 104 valence electrons. The molecule has 2 N–H and O–H groups in total. The van der Waals surface area contributed by atoms with Gasteiger partial charge in [-0.3, -0.25) is 0 Å². The summed E-state index contributed by atoms with van der Waals surface area (Å²) in [6.45, 7) is 4.08. The van der Waals surface area contributed by atoms with Gasteiger partial charge in [-0.2, -0.15) is 11.8 Å². The van der Waals surface area contributed by atoms with Gasteiger partial charge >= 0.3 is 12.0 Å². The highest BCUT2D eigenvalue weighted by Crippen LogP contribution is 2.29. The average molecular weight is 274 g/mol. The number of likely N-dealkylation sites (tertiary alicyclic amines) is 1. The number of nitrogens with one attached hydrogen (secondary N) is 1. The van der Waals surface area contributed by atoms with E-state index in [-0.39, 0.29) is 12.1 Å². The van der Waals surface area contributed by atoms with Crippen molar-refractivity contribution in [3.8, 4) is 0 Å². The number of amides is 2. The average Bonchev–Trinajstić information content (AvgIpc) is 2.70. The SMILES string of the molecule is CSCCC(C)NC(=O)N1CCCC1(C)C(=O)O. The first kappa shape index (κ1) is 15.1. The number of carboxylic acid groups (broad SMARTS) is 1. The summed E-state index contributed by atoms with van der Waals surface area (Å²) in [6, 6.07) is -0.186. The van der Waals surface area contributed by atoms with Crippen LogP contribution in [0.4, 0.5) is 4.79 Å². The van der Waals surface area contributed by atoms with Gasteiger partial charge in [0.2, 0.25) is 0 Å². The summed E-state index contributed by atoms with van der Waals surface area (Å²) in [6.07, 6.45) is 4.19. The number of carboxylic acids is 1. The largest absolute Gasteiger partial charge is 0.480 e. The van der Waals surface area contributed by atoms with Crippen molar-refractivity contribution in [2.75, 3.05) is 18.6 Å². The molecule has 0 spiro atoms. The van der Waals surface area contributed by atoms with Crippen molar-refractivity contribution in [3.63, 3.8) is 0 Å². The Hall–Kier alpha value is -0.910. The molecule has 6 heteroatoms. The van der Waals surface area contributed by atoms with E-state index in [2.05, 4.69) is 5.32 Å². The third kappa shape index (κ3) is 3.31. The molecule has 1 fully saturated rings. The maximum atomic E-state index is 12.1. The molecule has 0 aliphatic carbocycles. The standard InChI is InChI=1S/C12H22N2O3S/c1-9(5-8-18-3)13-11(17)14-7-4-6-12(14,2)10(15)16/h9H,4-8H2,1-3H3,(H,13,17)(H,15,16). The minimum atomic E-state index is -1.05. The Bertz CT molecular complexity index is 324. The maximum absolute atomic E-state index is 12.1. The van der Waals surface area contributed by atoms with E-state index in [9.17, 15) is 14.7 Å². The van der Waals surface area contributed by atoms with E-state index in [4.69, 9.17) is 0 Å². The zero-order chi connectivity index (χ0) is 13.8. The lowest BCUT2D eigenvalue weighted by atomic mass is 10.00. The molecule has 0 aromatic rings. The van der Waals surface area contributed by atoms with Crippen molar-refractivity contribution in [1.82, 2.24) is 10.2 Å². The minimum Gasteiger partial charge on any atom is -0.480 e. The number of hydrogen-bond acceptors (Lipinski definition) is 3. The van der Waals surface area contributed by atoms with Crippen LogP contribution in [0.5, 0.6) is 0 Å². The second-order valence-corrected chi connectivity index (χ2v) is 5.95. The van der Waals surface area contributed by atoms with E-state index >= 15 is 0 Å². The molecule has 1 aliphatic heterocycles. The summed E-state index contributed by atoms with van der Waals surface area (Å²) >= 11 is 1.73. The molecular weight excluding hydrogens is 252 g/mol. The van der Waals surface area contributed by atoms with E-state index in [1.807, 2.05) is 13.2 Å². The lowest BCUT2D eigenvalue weighted by Gasteiger charge is -2.32. The number of rotatable bonds is 5. The van der Waals surface area contributed by atoms with Gasteiger partial charge in [-0.25, -0.2) is 9.59 Å². The quantitative estimate of drug-likeness (QED) is 0.801. The minimum absolute atomic E-state index is 0.0728. The summed E-state index contributed by atoms with van der Waals surface area (Å²) in [5, 5.41) is 12.1. The molecule has 1 saturated heterocycles. The first-order chi connectivity index (χ1) is 8.41. The number of carbonyl (C=O) groups is 2. The highest BCUT2D eigenvalue weighted by molar-refractivity contribution is 7.98. The number of hydrogen-bond donors (Lipinski definition) is 2. The Morgan fingerprint density at radius 1 is 1.56 bits per heavy atom. The first-order valence-electron chi connectivity index (χ1n) is 6.22. The fourth-order valence-electron chi connectivity index (χ4n) is 2.17. The first-order valence-corrected chi connectivity index (χ1v) is 7.61. The topological polar surface area (TPSA) is 69.6 Å². The van der Waals surface area contributed by atoms with E-state index in [0.29, 0.717) is 13.0 Å². The van der Waals surface area contributed by atoms with Gasteiger partial charge in [0.25, 0.3) is 0 Å². The van der Waals surface area contributed by atoms with Crippen LogP contribution in [-0.2, 0) is 4.79 Å². The van der Waals surface area contributed by atoms with Crippen molar-refractivity contribution >= 4 is 23.8 Å². The van der Waals surface area contributed by atoms with Gasteiger partial charge < -0.3 is 15.3 Å². The monoisotopic (exact) mass is 274 g/mol. The number of urea groups is 1. The lowest BCUT2D eigenvalue weighted by Crippen LogP contribution is -2.55. The van der Waals surface area contributed by atoms with Gasteiger partial charge in [0, 0.05) is 12.6 Å². The predicted octanol–water partition coefficient (Wildman–Crippen LogP) is 1.78. The molecule has 0 aromatic carbocycles. The van der Waals surface area contributed by atoms with Gasteiger partial charge in [0.1, 0.15) is 5.54 Å². The highest BCUT2D eigenvalue weighted by atomic mass is 32.2. The summed E-state index contributed by atoms with van der Waals surface area (Å²) in [5.41, 5.74) is -1.05. The number of thioether (sulfide) groups is 1. The second-order valence-electron chi connectivity index (χ2n) is 4.97. The van der Waals surface area contributed by atoms with Crippen LogP contribution < -0.4 is 5.32 Å². The molecule has 0 aromatic heterocycles. The van der Waals surface area contributed by atoms with E-state index in [1.165, 1.54) is 4.90 Å². The molecule has 18 heavy (non-hydrogen) atoms. The molecule has 0 saturated carbocycles. The van der Waals surface area contributed by atoms with Gasteiger partial charge in [0.15, 0.2) is 0 Å². The summed E-state index contributed by atoms with van der Waals surface area (Å²) in [4.78, 5) is 24.8. The molecule has 0 bridgehead atoms. The fraction of sp³-hybridized carbons (Fsp3) is 0.833. The van der Waals surface area contributed by atoms with Crippen molar-refractivity contribution in [3.05, 3.63) is 0 Å². The van der Waals surface area contributed by atoms with Crippen LogP contribution in [0.25, 0.3) is 0 Å². The van der Waals surface area contributed by atoms with Crippen LogP contribution in [0.15, 0.2) is 0 Å². The molecule has 2 amide bonds. The lowest BCUT2D eigenvalue weighted by molar-refractivity contribution is -0.147. The van der Waals surface area contributed by atoms with Gasteiger partial charge in [-0.05, 0) is 45.1 Å². The molecule has 2 atom stereocenters. The van der Waals surface area contributed by atoms with Gasteiger partial charge in [0.05, 0.1) is 0 Å². The van der Waals surface area contributed by atoms with Crippen LogP contribution in [0.2, 0.25) is 0 Å². The van der Waals surface area contributed by atoms with Crippen LogP contribution in [-0.4, -0.2) is 52.1 Å². The normalized spacial score (nSPS) is 24.9. The second kappa shape index (κ2) is 6.31. The Morgan fingerprint density at radius 3 is 2.78 bits per heavy atom. The number of aliphatic carboxylic acids is 1. The predicted molar refractivity (Wildman–Crippen MR) is 73.0 cm³/mol. The molecule has 1 heterocycles. The van der Waals surface area contributed by atoms with Gasteiger partial charge in [-0.1, -0.05) is 0 Å². The number of nitrogens with zero attached hydrogens (tertiary/aromatic N) is 1.